The number of nitrogen functional groups attached to an aromatic ring is 1. The van der Waals surface area contributed by atoms with Gasteiger partial charge in [0.2, 0.25) is 0 Å². The van der Waals surface area contributed by atoms with Crippen molar-refractivity contribution in [3.05, 3.63) is 17.2 Å². The average molecular weight is 363 g/mol. The Morgan fingerprint density at radius 3 is 2.61 bits per heavy atom. The third-order valence-corrected chi connectivity index (χ3v) is 6.56. The standard InChI is InChI=1S/C14H19ClN2O5S/c1-2-22-14(19)17-7-5-9(6-8-17)23(20,21)13-10(15)3-4-11(16)12(13)18/h3-4,9,18H,2,5-8,16H2,1H3. The summed E-state index contributed by atoms with van der Waals surface area (Å²) in [4.78, 5) is 12.8. The number of ether oxygens (including phenoxy) is 1. The van der Waals surface area contributed by atoms with Gasteiger partial charge in [-0.2, -0.15) is 0 Å². The van der Waals surface area contributed by atoms with Crippen molar-refractivity contribution in [1.29, 1.82) is 0 Å². The lowest BCUT2D eigenvalue weighted by Crippen LogP contribution is -2.42. The van der Waals surface area contributed by atoms with Gasteiger partial charge in [-0.25, -0.2) is 13.2 Å². The van der Waals surface area contributed by atoms with Gasteiger partial charge in [-0.05, 0) is 31.9 Å². The molecule has 1 amide bonds. The van der Waals surface area contributed by atoms with Gasteiger partial charge >= 0.3 is 6.09 Å². The van der Waals surface area contributed by atoms with Gasteiger partial charge in [0.15, 0.2) is 15.6 Å². The number of nitrogens with two attached hydrogens (primary N) is 1. The molecule has 0 aromatic heterocycles. The molecule has 1 aromatic rings. The molecule has 3 N–H and O–H groups in total. The van der Waals surface area contributed by atoms with Gasteiger partial charge in [0.1, 0.15) is 4.90 Å². The number of phenolic OH excluding ortho intramolecular Hbond substituents is 1. The van der Waals surface area contributed by atoms with E-state index >= 15 is 0 Å². The minimum absolute atomic E-state index is 0.0445. The van der Waals surface area contributed by atoms with Gasteiger partial charge in [0.25, 0.3) is 0 Å². The quantitative estimate of drug-likeness (QED) is 0.628. The fraction of sp³-hybridized carbons (Fsp3) is 0.500. The fourth-order valence-electron chi connectivity index (χ4n) is 2.56. The minimum atomic E-state index is -3.85. The molecule has 1 aliphatic rings. The zero-order valence-electron chi connectivity index (χ0n) is 12.7. The number of aromatic hydroxyl groups is 1. The highest BCUT2D eigenvalue weighted by atomic mass is 35.5. The second-order valence-corrected chi connectivity index (χ2v) is 7.82. The van der Waals surface area contributed by atoms with Crippen LogP contribution in [0.5, 0.6) is 5.75 Å². The second kappa shape index (κ2) is 6.84. The van der Waals surface area contributed by atoms with Gasteiger partial charge in [-0.15, -0.1) is 0 Å². The molecule has 1 aliphatic heterocycles. The van der Waals surface area contributed by atoms with Crippen LogP contribution in [0.2, 0.25) is 5.02 Å². The highest BCUT2D eigenvalue weighted by Crippen LogP contribution is 2.39. The first kappa shape index (κ1) is 17.7. The third kappa shape index (κ3) is 3.48. The predicted molar refractivity (Wildman–Crippen MR) is 86.3 cm³/mol. The largest absolute Gasteiger partial charge is 0.504 e. The second-order valence-electron chi connectivity index (χ2n) is 5.24. The molecule has 0 bridgehead atoms. The molecule has 0 saturated carbocycles. The van der Waals surface area contributed by atoms with Gasteiger partial charge in [-0.1, -0.05) is 11.6 Å². The number of anilines is 1. The van der Waals surface area contributed by atoms with E-state index in [0.717, 1.165) is 0 Å². The van der Waals surface area contributed by atoms with Crippen molar-refractivity contribution in [3.63, 3.8) is 0 Å². The molecule has 0 unspecified atom stereocenters. The van der Waals surface area contributed by atoms with Crippen LogP contribution in [0.3, 0.4) is 0 Å². The number of amides is 1. The maximum absolute atomic E-state index is 12.7. The van der Waals surface area contributed by atoms with Crippen LogP contribution in [0.15, 0.2) is 17.0 Å². The molecule has 2 rings (SSSR count). The lowest BCUT2D eigenvalue weighted by atomic mass is 10.1. The van der Waals surface area contributed by atoms with Crippen molar-refractivity contribution in [2.45, 2.75) is 29.9 Å². The van der Waals surface area contributed by atoms with Crippen molar-refractivity contribution in [2.75, 3.05) is 25.4 Å². The van der Waals surface area contributed by atoms with Crippen molar-refractivity contribution in [1.82, 2.24) is 4.90 Å². The molecule has 0 radical (unpaired) electrons. The number of hydrogen-bond donors (Lipinski definition) is 2. The number of benzene rings is 1. The Hall–Kier alpha value is -1.67. The number of likely N-dealkylation sites (tertiary alicyclic amines) is 1. The molecule has 0 spiro atoms. The van der Waals surface area contributed by atoms with E-state index in [1.807, 2.05) is 0 Å². The summed E-state index contributed by atoms with van der Waals surface area (Å²) in [6, 6.07) is 2.69. The van der Waals surface area contributed by atoms with Crippen molar-refractivity contribution in [2.24, 2.45) is 0 Å². The zero-order chi connectivity index (χ0) is 17.2. The summed E-state index contributed by atoms with van der Waals surface area (Å²) in [5.74, 6) is -0.523. The normalized spacial score (nSPS) is 16.3. The molecule has 128 valence electrons. The smallest absolute Gasteiger partial charge is 0.409 e. The monoisotopic (exact) mass is 362 g/mol. The molecule has 1 aromatic carbocycles. The van der Waals surface area contributed by atoms with Crippen molar-refractivity contribution in [3.8, 4) is 5.75 Å². The van der Waals surface area contributed by atoms with E-state index in [4.69, 9.17) is 22.1 Å². The Bertz CT molecular complexity index is 699. The molecule has 1 fully saturated rings. The predicted octanol–water partition coefficient (Wildman–Crippen LogP) is 2.02. The number of carbonyl (C=O) groups excluding carboxylic acids is 1. The fourth-order valence-corrected chi connectivity index (χ4v) is 4.93. The van der Waals surface area contributed by atoms with E-state index in [9.17, 15) is 18.3 Å². The number of sulfone groups is 1. The van der Waals surface area contributed by atoms with Crippen LogP contribution in [-0.4, -0.2) is 49.5 Å². The van der Waals surface area contributed by atoms with Crippen LogP contribution in [0.25, 0.3) is 0 Å². The highest BCUT2D eigenvalue weighted by molar-refractivity contribution is 7.92. The topological polar surface area (TPSA) is 110 Å². The van der Waals surface area contributed by atoms with Crippen LogP contribution in [-0.2, 0) is 14.6 Å². The summed E-state index contributed by atoms with van der Waals surface area (Å²) < 4.78 is 30.4. The van der Waals surface area contributed by atoms with Gasteiger partial charge in [0.05, 0.1) is 22.6 Å². The van der Waals surface area contributed by atoms with E-state index in [-0.39, 0.29) is 48.1 Å². The number of rotatable bonds is 3. The van der Waals surface area contributed by atoms with Crippen LogP contribution >= 0.6 is 11.6 Å². The maximum atomic E-state index is 12.7. The average Bonchev–Trinajstić information content (AvgIpc) is 2.51. The first-order valence-corrected chi connectivity index (χ1v) is 9.14. The lowest BCUT2D eigenvalue weighted by molar-refractivity contribution is 0.100. The van der Waals surface area contributed by atoms with E-state index < -0.39 is 26.9 Å². The summed E-state index contributed by atoms with van der Waals surface area (Å²) in [5, 5.41) is 9.18. The van der Waals surface area contributed by atoms with Crippen molar-refractivity contribution < 1.29 is 23.1 Å². The molecule has 0 aliphatic carbocycles. The molecule has 23 heavy (non-hydrogen) atoms. The van der Waals surface area contributed by atoms with E-state index in [2.05, 4.69) is 0 Å². The first-order valence-electron chi connectivity index (χ1n) is 7.21. The van der Waals surface area contributed by atoms with Crippen LogP contribution < -0.4 is 5.73 Å². The maximum Gasteiger partial charge on any atom is 0.409 e. The number of hydrogen-bond acceptors (Lipinski definition) is 6. The van der Waals surface area contributed by atoms with Gasteiger partial charge in [0, 0.05) is 13.1 Å². The molecule has 1 heterocycles. The Labute approximate surface area is 139 Å². The first-order chi connectivity index (χ1) is 10.8. The molecule has 7 nitrogen and oxygen atoms in total. The molecular weight excluding hydrogens is 344 g/mol. The van der Waals surface area contributed by atoms with Crippen LogP contribution in [0.1, 0.15) is 19.8 Å². The summed E-state index contributed by atoms with van der Waals surface area (Å²) in [7, 11) is -3.85. The van der Waals surface area contributed by atoms with Crippen LogP contribution in [0, 0.1) is 0 Å². The molecular formula is C14H19ClN2O5S. The number of nitrogens with zero attached hydrogens (tertiary/aromatic N) is 1. The van der Waals surface area contributed by atoms with Gasteiger partial charge in [-0.3, -0.25) is 0 Å². The number of piperidine rings is 1. The summed E-state index contributed by atoms with van der Waals surface area (Å²) >= 11 is 5.95. The Morgan fingerprint density at radius 2 is 2.04 bits per heavy atom. The Morgan fingerprint density at radius 1 is 1.43 bits per heavy atom. The minimum Gasteiger partial charge on any atom is -0.504 e. The number of phenols is 1. The van der Waals surface area contributed by atoms with Gasteiger partial charge < -0.3 is 20.5 Å². The molecule has 1 saturated heterocycles. The zero-order valence-corrected chi connectivity index (χ0v) is 14.2. The van der Waals surface area contributed by atoms with E-state index in [1.54, 1.807) is 6.92 Å². The number of carbonyl (C=O) groups is 1. The van der Waals surface area contributed by atoms with Crippen LogP contribution in [0.4, 0.5) is 10.5 Å². The number of halogens is 1. The molecule has 9 heteroatoms. The summed E-state index contributed by atoms with van der Waals surface area (Å²) in [6.45, 7) is 2.51. The Balaban J connectivity index is 2.20. The third-order valence-electron chi connectivity index (χ3n) is 3.81. The van der Waals surface area contributed by atoms with Crippen molar-refractivity contribution >= 4 is 33.2 Å². The molecule has 0 atom stereocenters. The van der Waals surface area contributed by atoms with E-state index in [0.29, 0.717) is 0 Å². The lowest BCUT2D eigenvalue weighted by Gasteiger charge is -2.31. The van der Waals surface area contributed by atoms with E-state index in [1.165, 1.54) is 17.0 Å². The SMILES string of the molecule is CCOC(=O)N1CCC(S(=O)(=O)c2c(Cl)ccc(N)c2O)CC1. The summed E-state index contributed by atoms with van der Waals surface area (Å²) in [6.07, 6.45) is 0.0328. The summed E-state index contributed by atoms with van der Waals surface area (Å²) in [5.41, 5.74) is 5.52. The Kier molecular flexibility index (Phi) is 5.26. The highest BCUT2D eigenvalue weighted by Gasteiger charge is 2.36.